The maximum absolute atomic E-state index is 12.5. The quantitative estimate of drug-likeness (QED) is 0.891. The lowest BCUT2D eigenvalue weighted by Crippen LogP contribution is -2.44. The second-order valence-electron chi connectivity index (χ2n) is 5.02. The van der Waals surface area contributed by atoms with Crippen LogP contribution in [0.3, 0.4) is 0 Å². The lowest BCUT2D eigenvalue weighted by Gasteiger charge is -2.24. The highest BCUT2D eigenvalue weighted by Crippen LogP contribution is 2.34. The van der Waals surface area contributed by atoms with Crippen molar-refractivity contribution in [2.45, 2.75) is 25.8 Å². The van der Waals surface area contributed by atoms with Crippen LogP contribution in [0.2, 0.25) is 0 Å². The Balaban J connectivity index is 1.88. The lowest BCUT2D eigenvalue weighted by atomic mass is 10.0. The molecule has 1 aromatic heterocycles. The molecule has 0 aromatic carbocycles. The van der Waals surface area contributed by atoms with E-state index in [1.165, 1.54) is 0 Å². The zero-order valence-corrected chi connectivity index (χ0v) is 12.1. The highest BCUT2D eigenvalue weighted by molar-refractivity contribution is 7.10. The Kier molecular flexibility index (Phi) is 3.48. The van der Waals surface area contributed by atoms with E-state index in [2.05, 4.69) is 17.6 Å². The van der Waals surface area contributed by atoms with Gasteiger partial charge in [-0.25, -0.2) is 4.79 Å². The van der Waals surface area contributed by atoms with E-state index in [4.69, 9.17) is 0 Å². The summed E-state index contributed by atoms with van der Waals surface area (Å²) in [5.74, 6) is 0.0411. The third-order valence-electron chi connectivity index (χ3n) is 3.63. The number of amides is 3. The molecule has 0 radical (unpaired) electrons. The summed E-state index contributed by atoms with van der Waals surface area (Å²) < 4.78 is 0. The first kappa shape index (κ1) is 13.2. The highest BCUT2D eigenvalue weighted by atomic mass is 32.1. The molecule has 0 saturated heterocycles. The molecule has 6 heteroatoms. The monoisotopic (exact) mass is 291 g/mol. The summed E-state index contributed by atoms with van der Waals surface area (Å²) in [5.41, 5.74) is 1.46. The van der Waals surface area contributed by atoms with Crippen LogP contribution >= 0.6 is 11.3 Å². The first-order valence-corrected chi connectivity index (χ1v) is 7.72. The van der Waals surface area contributed by atoms with Crippen molar-refractivity contribution in [2.24, 2.45) is 0 Å². The van der Waals surface area contributed by atoms with Crippen LogP contribution in [0.1, 0.15) is 30.7 Å². The van der Waals surface area contributed by atoms with Crippen molar-refractivity contribution in [3.05, 3.63) is 33.7 Å². The van der Waals surface area contributed by atoms with Crippen molar-refractivity contribution in [3.8, 4) is 0 Å². The van der Waals surface area contributed by atoms with E-state index < -0.39 is 0 Å². The summed E-state index contributed by atoms with van der Waals surface area (Å²) in [4.78, 5) is 27.1. The molecule has 0 spiro atoms. The topological polar surface area (TPSA) is 61.4 Å². The van der Waals surface area contributed by atoms with Gasteiger partial charge in [0.25, 0.3) is 5.91 Å². The minimum atomic E-state index is -0.308. The molecule has 0 aliphatic carbocycles. The number of hydrogen-bond donors (Lipinski definition) is 2. The van der Waals surface area contributed by atoms with Crippen molar-refractivity contribution in [3.63, 3.8) is 0 Å². The van der Waals surface area contributed by atoms with Crippen molar-refractivity contribution in [1.29, 1.82) is 0 Å². The predicted octanol–water partition coefficient (Wildman–Crippen LogP) is 2.00. The van der Waals surface area contributed by atoms with Crippen LogP contribution in [0.25, 0.3) is 0 Å². The van der Waals surface area contributed by atoms with Crippen LogP contribution in [0, 0.1) is 0 Å². The summed E-state index contributed by atoms with van der Waals surface area (Å²) in [5, 5.41) is 7.59. The van der Waals surface area contributed by atoms with Gasteiger partial charge in [0.1, 0.15) is 0 Å². The van der Waals surface area contributed by atoms with Gasteiger partial charge in [0.05, 0.1) is 23.9 Å². The van der Waals surface area contributed by atoms with E-state index in [1.54, 1.807) is 11.3 Å². The minimum Gasteiger partial charge on any atom is -0.333 e. The molecular weight excluding hydrogens is 274 g/mol. The van der Waals surface area contributed by atoms with Gasteiger partial charge in [-0.15, -0.1) is 11.3 Å². The van der Waals surface area contributed by atoms with Gasteiger partial charge in [0, 0.05) is 11.4 Å². The standard InChI is InChI=1S/C14H17N3O2S/c1-2-3-6-17-8-9-11(13(17)18)12(16-14(19)15-9)10-5-4-7-20-10/h4-5,7,12H,2-3,6,8H2,1H3,(H2,15,16,19)/t12-/m1/s1. The van der Waals surface area contributed by atoms with Gasteiger partial charge in [-0.2, -0.15) is 0 Å². The number of carbonyl (C=O) groups is 2. The smallest absolute Gasteiger partial charge is 0.319 e. The zero-order chi connectivity index (χ0) is 14.1. The summed E-state index contributed by atoms with van der Waals surface area (Å²) in [6.45, 7) is 3.37. The fourth-order valence-electron chi connectivity index (χ4n) is 2.63. The molecule has 3 rings (SSSR count). The molecular formula is C14H17N3O2S. The van der Waals surface area contributed by atoms with E-state index in [0.717, 1.165) is 30.0 Å². The largest absolute Gasteiger partial charge is 0.333 e. The van der Waals surface area contributed by atoms with Crippen LogP contribution in [0.4, 0.5) is 4.79 Å². The van der Waals surface area contributed by atoms with Crippen molar-refractivity contribution < 1.29 is 9.59 Å². The van der Waals surface area contributed by atoms with Gasteiger partial charge in [-0.05, 0) is 17.9 Å². The van der Waals surface area contributed by atoms with E-state index in [-0.39, 0.29) is 18.0 Å². The molecule has 106 valence electrons. The summed E-state index contributed by atoms with van der Waals surface area (Å²) in [7, 11) is 0. The first-order chi connectivity index (χ1) is 9.70. The number of urea groups is 1. The molecule has 2 N–H and O–H groups in total. The summed E-state index contributed by atoms with van der Waals surface area (Å²) >= 11 is 1.55. The van der Waals surface area contributed by atoms with Crippen LogP contribution in [-0.4, -0.2) is 29.9 Å². The van der Waals surface area contributed by atoms with Crippen LogP contribution in [0.5, 0.6) is 0 Å². The second-order valence-corrected chi connectivity index (χ2v) is 6.00. The molecule has 2 aliphatic rings. The van der Waals surface area contributed by atoms with E-state index in [9.17, 15) is 9.59 Å². The highest BCUT2D eigenvalue weighted by Gasteiger charge is 2.40. The fourth-order valence-corrected chi connectivity index (χ4v) is 3.41. The molecule has 20 heavy (non-hydrogen) atoms. The number of nitrogens with one attached hydrogen (secondary N) is 2. The second kappa shape index (κ2) is 5.28. The van der Waals surface area contributed by atoms with Crippen molar-refractivity contribution in [1.82, 2.24) is 15.5 Å². The lowest BCUT2D eigenvalue weighted by molar-refractivity contribution is -0.125. The SMILES string of the molecule is CCCCN1CC2=C(C1=O)[C@@H](c1cccs1)NC(=O)N2. The number of rotatable bonds is 4. The molecule has 3 amide bonds. The van der Waals surface area contributed by atoms with Crippen molar-refractivity contribution in [2.75, 3.05) is 13.1 Å². The molecule has 5 nitrogen and oxygen atoms in total. The van der Waals surface area contributed by atoms with E-state index >= 15 is 0 Å². The van der Waals surface area contributed by atoms with Gasteiger partial charge in [0.2, 0.25) is 0 Å². The van der Waals surface area contributed by atoms with Crippen LogP contribution in [0.15, 0.2) is 28.8 Å². The Bertz CT molecular complexity index is 565. The predicted molar refractivity (Wildman–Crippen MR) is 77.2 cm³/mol. The van der Waals surface area contributed by atoms with Crippen LogP contribution in [-0.2, 0) is 4.79 Å². The molecule has 2 aliphatic heterocycles. The zero-order valence-electron chi connectivity index (χ0n) is 11.3. The van der Waals surface area contributed by atoms with E-state index in [0.29, 0.717) is 12.1 Å². The van der Waals surface area contributed by atoms with Gasteiger partial charge in [0.15, 0.2) is 0 Å². The van der Waals surface area contributed by atoms with Gasteiger partial charge in [-0.3, -0.25) is 4.79 Å². The Morgan fingerprint density at radius 1 is 1.45 bits per heavy atom. The van der Waals surface area contributed by atoms with E-state index in [1.807, 2.05) is 22.4 Å². The molecule has 0 bridgehead atoms. The van der Waals surface area contributed by atoms with Gasteiger partial charge >= 0.3 is 6.03 Å². The molecule has 0 saturated carbocycles. The fraction of sp³-hybridized carbons (Fsp3) is 0.429. The molecule has 3 heterocycles. The van der Waals surface area contributed by atoms with Crippen LogP contribution < -0.4 is 10.6 Å². The van der Waals surface area contributed by atoms with Crippen molar-refractivity contribution >= 4 is 23.3 Å². The average Bonchev–Trinajstić information content (AvgIpc) is 3.04. The Morgan fingerprint density at radius 2 is 2.30 bits per heavy atom. The van der Waals surface area contributed by atoms with Gasteiger partial charge in [-0.1, -0.05) is 19.4 Å². The number of nitrogens with zero attached hydrogens (tertiary/aromatic N) is 1. The Hall–Kier alpha value is -1.82. The Morgan fingerprint density at radius 3 is 3.00 bits per heavy atom. The summed E-state index contributed by atoms with van der Waals surface area (Å²) in [6.07, 6.45) is 2.03. The normalized spacial score (nSPS) is 21.9. The van der Waals surface area contributed by atoms with Gasteiger partial charge < -0.3 is 15.5 Å². The number of unbranched alkanes of at least 4 members (excludes halogenated alkanes) is 1. The molecule has 1 aromatic rings. The maximum Gasteiger partial charge on any atom is 0.319 e. The Labute approximate surface area is 121 Å². The molecule has 1 atom stereocenters. The molecule has 0 unspecified atom stereocenters. The first-order valence-electron chi connectivity index (χ1n) is 6.84. The minimum absolute atomic E-state index is 0.0411. The number of thiophene rings is 1. The summed E-state index contributed by atoms with van der Waals surface area (Å²) in [6, 6.07) is 3.35. The third kappa shape index (κ3) is 2.20. The average molecular weight is 291 g/mol. The molecule has 0 fully saturated rings. The maximum atomic E-state index is 12.5. The number of carbonyl (C=O) groups excluding carboxylic acids is 2. The number of hydrogen-bond acceptors (Lipinski definition) is 3. The third-order valence-corrected chi connectivity index (χ3v) is 4.57.